The molecule has 0 aromatic carbocycles. The van der Waals surface area contributed by atoms with Crippen molar-refractivity contribution in [3.63, 3.8) is 0 Å². The number of likely N-dealkylation sites (N-methyl/N-ethyl adjacent to an activating group) is 1. The van der Waals surface area contributed by atoms with Crippen LogP contribution in [0.5, 0.6) is 0 Å². The Hall–Kier alpha value is -0.870. The molecule has 0 aliphatic heterocycles. The fraction of sp³-hybridized carbons (Fsp3) is 0.750. The lowest BCUT2D eigenvalue weighted by molar-refractivity contribution is 0.0714. The molecule has 0 spiro atoms. The van der Waals surface area contributed by atoms with Crippen molar-refractivity contribution >= 4 is 0 Å². The van der Waals surface area contributed by atoms with Gasteiger partial charge in [-0.25, -0.2) is 4.98 Å². The molecule has 0 radical (unpaired) electrons. The van der Waals surface area contributed by atoms with Gasteiger partial charge in [0.15, 0.2) is 0 Å². The first kappa shape index (κ1) is 13.2. The van der Waals surface area contributed by atoms with Gasteiger partial charge in [0.2, 0.25) is 0 Å². The first-order valence-corrected chi connectivity index (χ1v) is 5.71. The lowest BCUT2D eigenvalue weighted by Crippen LogP contribution is -2.44. The van der Waals surface area contributed by atoms with E-state index in [1.807, 2.05) is 33.4 Å². The maximum atomic E-state index is 9.31. The smallest absolute Gasteiger partial charge is 0.0951 e. The molecule has 16 heavy (non-hydrogen) atoms. The largest absolute Gasteiger partial charge is 0.394 e. The van der Waals surface area contributed by atoms with E-state index in [0.29, 0.717) is 6.04 Å². The number of aliphatic hydroxyl groups excluding tert-OH is 1. The molecule has 0 amide bonds. The van der Waals surface area contributed by atoms with Crippen LogP contribution in [0.1, 0.15) is 39.4 Å². The topological polar surface area (TPSA) is 41.3 Å². The molecule has 0 aliphatic carbocycles. The molecule has 0 fully saturated rings. The van der Waals surface area contributed by atoms with Crippen molar-refractivity contribution in [1.29, 1.82) is 0 Å². The summed E-state index contributed by atoms with van der Waals surface area (Å²) in [4.78, 5) is 6.32. The van der Waals surface area contributed by atoms with Gasteiger partial charge in [-0.1, -0.05) is 0 Å². The fourth-order valence-corrected chi connectivity index (χ4v) is 1.50. The minimum atomic E-state index is -0.202. The van der Waals surface area contributed by atoms with Gasteiger partial charge >= 0.3 is 0 Å². The summed E-state index contributed by atoms with van der Waals surface area (Å²) in [6.07, 6.45) is 3.75. The Morgan fingerprint density at radius 2 is 2.12 bits per heavy atom. The van der Waals surface area contributed by atoms with Crippen LogP contribution in [0.15, 0.2) is 12.5 Å². The second-order valence-corrected chi connectivity index (χ2v) is 5.21. The van der Waals surface area contributed by atoms with Crippen LogP contribution in [0, 0.1) is 0 Å². The molecule has 0 bridgehead atoms. The Balaban J connectivity index is 2.77. The lowest BCUT2D eigenvalue weighted by Gasteiger charge is -2.34. The van der Waals surface area contributed by atoms with Crippen LogP contribution in [-0.2, 0) is 6.54 Å². The predicted molar refractivity (Wildman–Crippen MR) is 65.2 cm³/mol. The third-order valence-electron chi connectivity index (χ3n) is 3.12. The van der Waals surface area contributed by atoms with Gasteiger partial charge in [0.25, 0.3) is 0 Å². The first-order chi connectivity index (χ1) is 7.38. The number of imidazole rings is 1. The van der Waals surface area contributed by atoms with Crippen LogP contribution in [0.2, 0.25) is 0 Å². The van der Waals surface area contributed by atoms with E-state index in [1.54, 1.807) is 0 Å². The average molecular weight is 225 g/mol. The molecular weight excluding hydrogens is 202 g/mol. The van der Waals surface area contributed by atoms with E-state index in [-0.39, 0.29) is 12.1 Å². The maximum Gasteiger partial charge on any atom is 0.0951 e. The summed E-state index contributed by atoms with van der Waals surface area (Å²) in [5, 5.41) is 9.31. The molecular formula is C12H23N3O. The highest BCUT2D eigenvalue weighted by atomic mass is 16.3. The van der Waals surface area contributed by atoms with Crippen molar-refractivity contribution in [3.8, 4) is 0 Å². The van der Waals surface area contributed by atoms with Gasteiger partial charge in [0, 0.05) is 24.3 Å². The van der Waals surface area contributed by atoms with Crippen molar-refractivity contribution < 1.29 is 5.11 Å². The molecule has 0 aliphatic rings. The summed E-state index contributed by atoms with van der Waals surface area (Å²) in [6, 6.07) is 0.420. The number of aliphatic hydroxyl groups is 1. The van der Waals surface area contributed by atoms with Gasteiger partial charge in [-0.2, -0.15) is 0 Å². The molecule has 0 atom stereocenters. The van der Waals surface area contributed by atoms with Crippen LogP contribution in [0.25, 0.3) is 0 Å². The van der Waals surface area contributed by atoms with Gasteiger partial charge in [0.1, 0.15) is 0 Å². The summed E-state index contributed by atoms with van der Waals surface area (Å²) in [7, 11) is 2.02. The minimum Gasteiger partial charge on any atom is -0.394 e. The predicted octanol–water partition coefficient (Wildman–Crippen LogP) is 1.67. The molecule has 92 valence electrons. The van der Waals surface area contributed by atoms with Crippen LogP contribution < -0.4 is 0 Å². The summed E-state index contributed by atoms with van der Waals surface area (Å²) in [6.45, 7) is 9.29. The molecule has 0 unspecified atom stereocenters. The molecule has 1 N–H and O–H groups in total. The molecule has 1 heterocycles. The highest BCUT2D eigenvalue weighted by molar-refractivity contribution is 5.00. The first-order valence-electron chi connectivity index (χ1n) is 5.71. The van der Waals surface area contributed by atoms with Crippen molar-refractivity contribution in [3.05, 3.63) is 18.2 Å². The second-order valence-electron chi connectivity index (χ2n) is 5.21. The molecule has 0 saturated carbocycles. The van der Waals surface area contributed by atoms with Crippen LogP contribution >= 0.6 is 0 Å². The quantitative estimate of drug-likeness (QED) is 0.828. The summed E-state index contributed by atoms with van der Waals surface area (Å²) >= 11 is 0. The van der Waals surface area contributed by atoms with Crippen LogP contribution in [0.3, 0.4) is 0 Å². The molecule has 4 heteroatoms. The Bertz CT molecular complexity index is 331. The molecule has 4 nitrogen and oxygen atoms in total. The normalized spacial score (nSPS) is 12.8. The third-order valence-corrected chi connectivity index (χ3v) is 3.12. The number of nitrogens with zero attached hydrogens (tertiary/aromatic N) is 3. The third kappa shape index (κ3) is 2.83. The zero-order valence-corrected chi connectivity index (χ0v) is 10.9. The standard InChI is InChI=1S/C12H23N3O/c1-10(2)15-9-13-6-11(15)7-14(5)12(3,4)8-16/h6,9-10,16H,7-8H2,1-5H3. The number of hydrogen-bond acceptors (Lipinski definition) is 3. The van der Waals surface area contributed by atoms with Crippen molar-refractivity contribution in [2.75, 3.05) is 13.7 Å². The zero-order chi connectivity index (χ0) is 12.3. The maximum absolute atomic E-state index is 9.31. The Morgan fingerprint density at radius 3 is 2.62 bits per heavy atom. The highest BCUT2D eigenvalue weighted by Crippen LogP contribution is 2.17. The van der Waals surface area contributed by atoms with Crippen molar-refractivity contribution in [2.24, 2.45) is 0 Å². The fourth-order valence-electron chi connectivity index (χ4n) is 1.50. The summed E-state index contributed by atoms with van der Waals surface area (Å²) in [5.41, 5.74) is 0.977. The van der Waals surface area contributed by atoms with E-state index in [4.69, 9.17) is 0 Å². The Morgan fingerprint density at radius 1 is 1.50 bits per heavy atom. The van der Waals surface area contributed by atoms with Gasteiger partial charge in [-0.3, -0.25) is 4.90 Å². The molecule has 0 saturated heterocycles. The second kappa shape index (κ2) is 4.97. The van der Waals surface area contributed by atoms with Crippen LogP contribution in [-0.4, -0.2) is 38.8 Å². The highest BCUT2D eigenvalue weighted by Gasteiger charge is 2.23. The summed E-state index contributed by atoms with van der Waals surface area (Å²) < 4.78 is 2.16. The average Bonchev–Trinajstić information content (AvgIpc) is 2.65. The van der Waals surface area contributed by atoms with Gasteiger partial charge in [-0.15, -0.1) is 0 Å². The van der Waals surface area contributed by atoms with E-state index < -0.39 is 0 Å². The number of aromatic nitrogens is 2. The van der Waals surface area contributed by atoms with E-state index in [1.165, 1.54) is 5.69 Å². The van der Waals surface area contributed by atoms with E-state index in [9.17, 15) is 5.11 Å². The monoisotopic (exact) mass is 225 g/mol. The molecule has 1 rings (SSSR count). The van der Waals surface area contributed by atoms with E-state index >= 15 is 0 Å². The summed E-state index contributed by atoms with van der Waals surface area (Å²) in [5.74, 6) is 0. The van der Waals surface area contributed by atoms with E-state index in [2.05, 4.69) is 28.3 Å². The van der Waals surface area contributed by atoms with Gasteiger partial charge in [-0.05, 0) is 34.7 Å². The van der Waals surface area contributed by atoms with Crippen molar-refractivity contribution in [1.82, 2.24) is 14.5 Å². The Kier molecular flexibility index (Phi) is 4.10. The SMILES string of the molecule is CC(C)n1cncc1CN(C)C(C)(C)CO. The lowest BCUT2D eigenvalue weighted by atomic mass is 10.1. The number of rotatable bonds is 5. The van der Waals surface area contributed by atoms with Gasteiger partial charge in [0.05, 0.1) is 18.6 Å². The minimum absolute atomic E-state index is 0.152. The zero-order valence-electron chi connectivity index (χ0n) is 10.9. The van der Waals surface area contributed by atoms with Crippen molar-refractivity contribution in [2.45, 2.75) is 45.8 Å². The molecule has 1 aromatic rings. The Labute approximate surface area is 97.9 Å². The van der Waals surface area contributed by atoms with E-state index in [0.717, 1.165) is 6.54 Å². The van der Waals surface area contributed by atoms with Crippen LogP contribution in [0.4, 0.5) is 0 Å². The number of hydrogen-bond donors (Lipinski definition) is 1. The molecule has 1 aromatic heterocycles. The van der Waals surface area contributed by atoms with Gasteiger partial charge < -0.3 is 9.67 Å².